The monoisotopic (exact) mass is 329 g/mol. The highest BCUT2D eigenvalue weighted by atomic mass is 35.5. The fourth-order valence-electron chi connectivity index (χ4n) is 1.73. The minimum Gasteiger partial charge on any atom is -0.465 e. The molecule has 0 aliphatic carbocycles. The van der Waals surface area contributed by atoms with Crippen molar-refractivity contribution in [1.29, 1.82) is 0 Å². The van der Waals surface area contributed by atoms with Gasteiger partial charge in [0.15, 0.2) is 0 Å². The van der Waals surface area contributed by atoms with E-state index in [2.05, 4.69) is 0 Å². The van der Waals surface area contributed by atoms with E-state index in [0.717, 1.165) is 4.90 Å². The summed E-state index contributed by atoms with van der Waals surface area (Å²) in [4.78, 5) is 26.3. The molecular weight excluding hydrogens is 310 g/mol. The van der Waals surface area contributed by atoms with E-state index in [9.17, 15) is 9.59 Å². The molecule has 0 aromatic heterocycles. The Morgan fingerprint density at radius 2 is 1.90 bits per heavy atom. The molecule has 0 radical (unpaired) electrons. The lowest BCUT2D eigenvalue weighted by Crippen LogP contribution is -2.40. The highest BCUT2D eigenvalue weighted by molar-refractivity contribution is 8.00. The van der Waals surface area contributed by atoms with Crippen molar-refractivity contribution in [2.24, 2.45) is 0 Å². The number of benzene rings is 1. The van der Waals surface area contributed by atoms with Crippen LogP contribution in [0.25, 0.3) is 0 Å². The van der Waals surface area contributed by atoms with Crippen LogP contribution in [0.3, 0.4) is 0 Å². The molecule has 0 aliphatic rings. The van der Waals surface area contributed by atoms with E-state index in [1.807, 2.05) is 26.0 Å². The Morgan fingerprint density at radius 1 is 1.29 bits per heavy atom. The number of rotatable bonds is 7. The van der Waals surface area contributed by atoms with Crippen LogP contribution in [0.1, 0.15) is 20.8 Å². The molecule has 1 atom stereocenters. The average molecular weight is 330 g/mol. The number of carbonyl (C=O) groups excluding carboxylic acids is 2. The van der Waals surface area contributed by atoms with Crippen LogP contribution >= 0.6 is 23.4 Å². The number of ether oxygens (including phenoxy) is 1. The van der Waals surface area contributed by atoms with Gasteiger partial charge in [0.05, 0.1) is 11.9 Å². The first-order valence-corrected chi connectivity index (χ1v) is 8.10. The van der Waals surface area contributed by atoms with E-state index >= 15 is 0 Å². The Balaban J connectivity index is 2.62. The number of likely N-dealkylation sites (N-methyl/N-ethyl adjacent to an activating group) is 1. The molecule has 0 heterocycles. The molecule has 0 fully saturated rings. The first-order chi connectivity index (χ1) is 9.97. The maximum Gasteiger partial charge on any atom is 0.325 e. The van der Waals surface area contributed by atoms with Crippen molar-refractivity contribution in [2.75, 3.05) is 19.7 Å². The summed E-state index contributed by atoms with van der Waals surface area (Å²) in [7, 11) is 0. The van der Waals surface area contributed by atoms with Gasteiger partial charge in [0.1, 0.15) is 6.54 Å². The molecule has 0 spiro atoms. The second-order valence-electron chi connectivity index (χ2n) is 4.37. The molecule has 21 heavy (non-hydrogen) atoms. The van der Waals surface area contributed by atoms with Crippen LogP contribution in [0.15, 0.2) is 29.2 Å². The molecule has 0 aliphatic heterocycles. The first kappa shape index (κ1) is 17.9. The molecule has 1 aromatic carbocycles. The molecule has 0 bridgehead atoms. The fraction of sp³-hybridized carbons (Fsp3) is 0.467. The highest BCUT2D eigenvalue weighted by Crippen LogP contribution is 2.25. The maximum absolute atomic E-state index is 12.4. The number of carbonyl (C=O) groups is 2. The summed E-state index contributed by atoms with van der Waals surface area (Å²) in [5.41, 5.74) is 0. The molecule has 0 saturated heterocycles. The van der Waals surface area contributed by atoms with Crippen LogP contribution in [0.2, 0.25) is 5.02 Å². The number of hydrogen-bond acceptors (Lipinski definition) is 4. The lowest BCUT2D eigenvalue weighted by molar-refractivity contribution is -0.148. The molecule has 0 N–H and O–H groups in total. The normalized spacial score (nSPS) is 11.8. The van der Waals surface area contributed by atoms with Gasteiger partial charge in [-0.3, -0.25) is 9.59 Å². The smallest absolute Gasteiger partial charge is 0.325 e. The Morgan fingerprint density at radius 3 is 2.43 bits per heavy atom. The Labute approximate surface area is 134 Å². The number of amides is 1. The number of thioether (sulfide) groups is 1. The number of hydrogen-bond donors (Lipinski definition) is 0. The van der Waals surface area contributed by atoms with Gasteiger partial charge < -0.3 is 9.64 Å². The van der Waals surface area contributed by atoms with Gasteiger partial charge in [-0.05, 0) is 45.0 Å². The lowest BCUT2D eigenvalue weighted by Gasteiger charge is -2.23. The lowest BCUT2D eigenvalue weighted by atomic mass is 10.3. The molecule has 1 unspecified atom stereocenters. The van der Waals surface area contributed by atoms with Crippen molar-refractivity contribution in [3.63, 3.8) is 0 Å². The van der Waals surface area contributed by atoms with Crippen molar-refractivity contribution >= 4 is 35.2 Å². The van der Waals surface area contributed by atoms with E-state index in [1.54, 1.807) is 19.1 Å². The van der Waals surface area contributed by atoms with Crippen molar-refractivity contribution < 1.29 is 14.3 Å². The van der Waals surface area contributed by atoms with Crippen LogP contribution in [-0.4, -0.2) is 41.7 Å². The summed E-state index contributed by atoms with van der Waals surface area (Å²) in [6.07, 6.45) is 0. The summed E-state index contributed by atoms with van der Waals surface area (Å²) >= 11 is 7.28. The zero-order valence-electron chi connectivity index (χ0n) is 12.5. The molecule has 116 valence electrons. The van der Waals surface area contributed by atoms with Crippen LogP contribution in [0, 0.1) is 0 Å². The van der Waals surface area contributed by atoms with Crippen LogP contribution in [0.5, 0.6) is 0 Å². The first-order valence-electron chi connectivity index (χ1n) is 6.84. The quantitative estimate of drug-likeness (QED) is 0.569. The van der Waals surface area contributed by atoms with E-state index in [-0.39, 0.29) is 23.7 Å². The molecule has 1 aromatic rings. The van der Waals surface area contributed by atoms with Gasteiger partial charge in [-0.15, -0.1) is 11.8 Å². The van der Waals surface area contributed by atoms with Crippen molar-refractivity contribution in [3.05, 3.63) is 29.3 Å². The minimum atomic E-state index is -0.378. The fourth-order valence-corrected chi connectivity index (χ4v) is 2.81. The average Bonchev–Trinajstić information content (AvgIpc) is 2.46. The Bertz CT molecular complexity index is 478. The SMILES string of the molecule is CCOC(=O)CN(CC)C(=O)C(C)Sc1ccc(Cl)cc1. The standard InChI is InChI=1S/C15H20ClNO3S/c1-4-17(10-14(18)20-5-2)15(19)11(3)21-13-8-6-12(16)7-9-13/h6-9,11H,4-5,10H2,1-3H3. The Kier molecular flexibility index (Phi) is 7.61. The maximum atomic E-state index is 12.4. The third kappa shape index (κ3) is 5.98. The summed E-state index contributed by atoms with van der Waals surface area (Å²) in [5.74, 6) is -0.457. The van der Waals surface area contributed by atoms with Gasteiger partial charge >= 0.3 is 5.97 Å². The predicted octanol–water partition coefficient (Wildman–Crippen LogP) is 3.23. The largest absolute Gasteiger partial charge is 0.465 e. The second kappa shape index (κ2) is 8.95. The van der Waals surface area contributed by atoms with Gasteiger partial charge in [-0.1, -0.05) is 11.6 Å². The van der Waals surface area contributed by atoms with Gasteiger partial charge in [-0.2, -0.15) is 0 Å². The third-order valence-electron chi connectivity index (χ3n) is 2.79. The zero-order chi connectivity index (χ0) is 15.8. The van der Waals surface area contributed by atoms with E-state index in [0.29, 0.717) is 18.2 Å². The van der Waals surface area contributed by atoms with E-state index in [4.69, 9.17) is 16.3 Å². The molecule has 6 heteroatoms. The summed E-state index contributed by atoms with van der Waals surface area (Å²) in [6, 6.07) is 7.32. The summed E-state index contributed by atoms with van der Waals surface area (Å²) in [6.45, 7) is 6.21. The topological polar surface area (TPSA) is 46.6 Å². The molecule has 1 rings (SSSR count). The summed E-state index contributed by atoms with van der Waals surface area (Å²) in [5, 5.41) is 0.386. The van der Waals surface area contributed by atoms with Crippen molar-refractivity contribution in [2.45, 2.75) is 30.9 Å². The minimum absolute atomic E-state index is 0.00527. The molecule has 0 saturated carbocycles. The molecule has 4 nitrogen and oxygen atoms in total. The third-order valence-corrected chi connectivity index (χ3v) is 4.14. The zero-order valence-corrected chi connectivity index (χ0v) is 14.0. The second-order valence-corrected chi connectivity index (χ2v) is 6.22. The van der Waals surface area contributed by atoms with Crippen LogP contribution in [0.4, 0.5) is 0 Å². The highest BCUT2D eigenvalue weighted by Gasteiger charge is 2.22. The van der Waals surface area contributed by atoms with Crippen LogP contribution in [-0.2, 0) is 14.3 Å². The molecule has 1 amide bonds. The van der Waals surface area contributed by atoms with Crippen LogP contribution < -0.4 is 0 Å². The number of nitrogens with zero attached hydrogens (tertiary/aromatic N) is 1. The van der Waals surface area contributed by atoms with Gasteiger partial charge in [0.25, 0.3) is 0 Å². The van der Waals surface area contributed by atoms with E-state index in [1.165, 1.54) is 16.7 Å². The van der Waals surface area contributed by atoms with Crippen molar-refractivity contribution in [3.8, 4) is 0 Å². The summed E-state index contributed by atoms with van der Waals surface area (Å²) < 4.78 is 4.88. The van der Waals surface area contributed by atoms with E-state index < -0.39 is 0 Å². The van der Waals surface area contributed by atoms with Gasteiger partial charge in [0.2, 0.25) is 5.91 Å². The van der Waals surface area contributed by atoms with Crippen molar-refractivity contribution in [1.82, 2.24) is 4.90 Å². The van der Waals surface area contributed by atoms with Gasteiger partial charge in [0, 0.05) is 16.5 Å². The number of halogens is 1. The van der Waals surface area contributed by atoms with Gasteiger partial charge in [-0.25, -0.2) is 0 Å². The Hall–Kier alpha value is -1.20. The molecular formula is C15H20ClNO3S. The predicted molar refractivity (Wildman–Crippen MR) is 85.7 cm³/mol. The number of esters is 1.